The number of aliphatic imine (C=N–C) groups is 1. The van der Waals surface area contributed by atoms with Gasteiger partial charge < -0.3 is 19.5 Å². The van der Waals surface area contributed by atoms with Gasteiger partial charge in [0.25, 0.3) is 5.91 Å². The van der Waals surface area contributed by atoms with Gasteiger partial charge in [-0.25, -0.2) is 9.79 Å². The van der Waals surface area contributed by atoms with Gasteiger partial charge in [-0.15, -0.1) is 0 Å². The summed E-state index contributed by atoms with van der Waals surface area (Å²) in [5.74, 6) is 0.188. The number of benzene rings is 2. The van der Waals surface area contributed by atoms with E-state index in [0.717, 1.165) is 0 Å². The van der Waals surface area contributed by atoms with Gasteiger partial charge in [-0.1, -0.05) is 29.8 Å². The largest absolute Gasteiger partial charge is 0.493 e. The van der Waals surface area contributed by atoms with Crippen LogP contribution in [0.2, 0.25) is 5.02 Å². The summed E-state index contributed by atoms with van der Waals surface area (Å²) in [7, 11) is 1.49. The van der Waals surface area contributed by atoms with Crippen molar-refractivity contribution in [3.05, 3.63) is 64.3 Å². The highest BCUT2D eigenvalue weighted by Gasteiger charge is 2.25. The quantitative estimate of drug-likeness (QED) is 0.555. The van der Waals surface area contributed by atoms with Crippen LogP contribution in [0.5, 0.6) is 11.5 Å². The lowest BCUT2D eigenvalue weighted by atomic mass is 10.1. The van der Waals surface area contributed by atoms with Gasteiger partial charge in [-0.05, 0) is 42.8 Å². The second-order valence-corrected chi connectivity index (χ2v) is 6.38. The van der Waals surface area contributed by atoms with Crippen LogP contribution < -0.4 is 14.8 Å². The molecule has 0 atom stereocenters. The second kappa shape index (κ2) is 9.25. The van der Waals surface area contributed by atoms with Gasteiger partial charge in [0.2, 0.25) is 5.90 Å². The third-order valence-electron chi connectivity index (χ3n) is 3.95. The summed E-state index contributed by atoms with van der Waals surface area (Å²) in [5.41, 5.74) is 1.33. The number of rotatable bonds is 7. The van der Waals surface area contributed by atoms with Gasteiger partial charge in [0.15, 0.2) is 23.8 Å². The molecule has 1 amide bonds. The van der Waals surface area contributed by atoms with Crippen molar-refractivity contribution in [1.82, 2.24) is 5.32 Å². The molecule has 1 aliphatic heterocycles. The lowest BCUT2D eigenvalue weighted by Crippen LogP contribution is -2.28. The number of likely N-dealkylation sites (N-methyl/N-ethyl adjacent to an activating group) is 1. The van der Waals surface area contributed by atoms with E-state index in [4.69, 9.17) is 25.8 Å². The minimum Gasteiger partial charge on any atom is -0.493 e. The van der Waals surface area contributed by atoms with Crippen LogP contribution in [0.25, 0.3) is 6.08 Å². The monoisotopic (exact) mass is 414 g/mol. The van der Waals surface area contributed by atoms with Gasteiger partial charge >= 0.3 is 5.97 Å². The van der Waals surface area contributed by atoms with Crippen molar-refractivity contribution < 1.29 is 23.8 Å². The Morgan fingerprint density at radius 2 is 2.03 bits per heavy atom. The normalized spacial score (nSPS) is 14.4. The highest BCUT2D eigenvalue weighted by atomic mass is 35.5. The topological polar surface area (TPSA) is 86.2 Å². The summed E-state index contributed by atoms with van der Waals surface area (Å²) in [5, 5.41) is 3.09. The Balaban J connectivity index is 1.81. The number of hydrogen-bond acceptors (Lipinski definition) is 6. The van der Waals surface area contributed by atoms with Crippen molar-refractivity contribution in [2.75, 3.05) is 20.3 Å². The number of ether oxygens (including phenoxy) is 3. The molecule has 0 saturated heterocycles. The van der Waals surface area contributed by atoms with Crippen LogP contribution in [0.3, 0.4) is 0 Å². The van der Waals surface area contributed by atoms with Crippen molar-refractivity contribution in [1.29, 1.82) is 0 Å². The first-order valence-corrected chi connectivity index (χ1v) is 9.24. The number of nitrogens with zero attached hydrogens (tertiary/aromatic N) is 1. The zero-order valence-electron chi connectivity index (χ0n) is 15.9. The van der Waals surface area contributed by atoms with Crippen molar-refractivity contribution >= 4 is 35.5 Å². The standard InChI is InChI=1S/C21H19ClN2O5/c1-3-23-19(25)12-28-17-9-8-13(11-18(17)27-2)10-16-21(26)29-20(24-16)14-6-4-5-7-15(14)22/h4-11H,3,12H2,1-2H3,(H,23,25)/b16-10+. The number of halogens is 1. The minimum atomic E-state index is -0.574. The SMILES string of the molecule is CCNC(=O)COc1ccc(/C=C2/N=C(c3ccccc3Cl)OC2=O)cc1OC. The zero-order valence-corrected chi connectivity index (χ0v) is 16.7. The molecule has 1 aliphatic rings. The molecule has 0 unspecified atom stereocenters. The van der Waals surface area contributed by atoms with E-state index in [1.165, 1.54) is 7.11 Å². The highest BCUT2D eigenvalue weighted by Crippen LogP contribution is 2.30. The molecule has 3 rings (SSSR count). The fraction of sp³-hybridized carbons (Fsp3) is 0.190. The predicted molar refractivity (Wildman–Crippen MR) is 109 cm³/mol. The Morgan fingerprint density at radius 3 is 2.76 bits per heavy atom. The fourth-order valence-corrected chi connectivity index (χ4v) is 2.82. The summed E-state index contributed by atoms with van der Waals surface area (Å²) in [4.78, 5) is 28.0. The first kappa shape index (κ1) is 20.4. The van der Waals surface area contributed by atoms with Crippen LogP contribution >= 0.6 is 11.6 Å². The Morgan fingerprint density at radius 1 is 1.24 bits per heavy atom. The summed E-state index contributed by atoms with van der Waals surface area (Å²) < 4.78 is 16.0. The molecule has 150 valence electrons. The maximum atomic E-state index is 12.2. The second-order valence-electron chi connectivity index (χ2n) is 5.97. The number of carbonyl (C=O) groups is 2. The molecule has 0 aromatic heterocycles. The van der Waals surface area contributed by atoms with E-state index in [2.05, 4.69) is 10.3 Å². The molecule has 8 heteroatoms. The van der Waals surface area contributed by atoms with Crippen molar-refractivity contribution in [3.63, 3.8) is 0 Å². The molecule has 0 bridgehead atoms. The molecular formula is C21H19ClN2O5. The van der Waals surface area contributed by atoms with Crippen molar-refractivity contribution in [2.24, 2.45) is 4.99 Å². The van der Waals surface area contributed by atoms with Crippen LogP contribution in [-0.4, -0.2) is 38.0 Å². The number of nitrogens with one attached hydrogen (secondary N) is 1. The molecular weight excluding hydrogens is 396 g/mol. The Hall–Kier alpha value is -3.32. The third kappa shape index (κ3) is 4.94. The molecule has 0 fully saturated rings. The Kier molecular flexibility index (Phi) is 6.51. The number of methoxy groups -OCH3 is 1. The van der Waals surface area contributed by atoms with E-state index in [-0.39, 0.29) is 24.1 Å². The molecule has 0 spiro atoms. The molecule has 2 aromatic rings. The van der Waals surface area contributed by atoms with E-state index in [1.807, 2.05) is 6.92 Å². The van der Waals surface area contributed by atoms with Crippen LogP contribution in [-0.2, 0) is 14.3 Å². The zero-order chi connectivity index (χ0) is 20.8. The summed E-state index contributed by atoms with van der Waals surface area (Å²) >= 11 is 6.14. The van der Waals surface area contributed by atoms with Gasteiger partial charge in [0.1, 0.15) is 0 Å². The van der Waals surface area contributed by atoms with E-state index in [0.29, 0.717) is 34.2 Å². The molecule has 1 heterocycles. The van der Waals surface area contributed by atoms with Crippen LogP contribution in [0.15, 0.2) is 53.2 Å². The third-order valence-corrected chi connectivity index (χ3v) is 4.28. The maximum Gasteiger partial charge on any atom is 0.363 e. The molecule has 0 aliphatic carbocycles. The van der Waals surface area contributed by atoms with E-state index in [1.54, 1.807) is 48.5 Å². The van der Waals surface area contributed by atoms with Crippen LogP contribution in [0.1, 0.15) is 18.1 Å². The van der Waals surface area contributed by atoms with Gasteiger partial charge in [0, 0.05) is 6.54 Å². The maximum absolute atomic E-state index is 12.2. The summed E-state index contributed by atoms with van der Waals surface area (Å²) in [6.07, 6.45) is 1.57. The summed E-state index contributed by atoms with van der Waals surface area (Å²) in [6.45, 7) is 2.23. The number of hydrogen-bond donors (Lipinski definition) is 1. The van der Waals surface area contributed by atoms with Gasteiger partial charge in [-0.2, -0.15) is 0 Å². The lowest BCUT2D eigenvalue weighted by Gasteiger charge is -2.11. The van der Waals surface area contributed by atoms with E-state index >= 15 is 0 Å². The molecule has 2 aromatic carbocycles. The van der Waals surface area contributed by atoms with Crippen LogP contribution in [0.4, 0.5) is 0 Å². The number of amides is 1. The molecule has 0 radical (unpaired) electrons. The van der Waals surface area contributed by atoms with E-state index in [9.17, 15) is 9.59 Å². The molecule has 0 saturated carbocycles. The van der Waals surface area contributed by atoms with Crippen LogP contribution in [0, 0.1) is 0 Å². The van der Waals surface area contributed by atoms with E-state index < -0.39 is 5.97 Å². The fourth-order valence-electron chi connectivity index (χ4n) is 2.60. The number of carbonyl (C=O) groups excluding carboxylic acids is 2. The average Bonchev–Trinajstić information content (AvgIpc) is 3.07. The lowest BCUT2D eigenvalue weighted by molar-refractivity contribution is -0.130. The summed E-state index contributed by atoms with van der Waals surface area (Å²) in [6, 6.07) is 12.0. The highest BCUT2D eigenvalue weighted by molar-refractivity contribution is 6.34. The van der Waals surface area contributed by atoms with Crippen molar-refractivity contribution in [3.8, 4) is 11.5 Å². The number of cyclic esters (lactones) is 1. The molecule has 1 N–H and O–H groups in total. The first-order chi connectivity index (χ1) is 14.0. The van der Waals surface area contributed by atoms with Gasteiger partial charge in [0.05, 0.1) is 17.7 Å². The Bertz CT molecular complexity index is 1000. The molecule has 7 nitrogen and oxygen atoms in total. The average molecular weight is 415 g/mol. The Labute approximate surface area is 172 Å². The molecule has 29 heavy (non-hydrogen) atoms. The predicted octanol–water partition coefficient (Wildman–Crippen LogP) is 3.21. The van der Waals surface area contributed by atoms with Crippen molar-refractivity contribution in [2.45, 2.75) is 6.92 Å². The minimum absolute atomic E-state index is 0.123. The van der Waals surface area contributed by atoms with Gasteiger partial charge in [-0.3, -0.25) is 4.79 Å². The smallest absolute Gasteiger partial charge is 0.363 e. The number of esters is 1. The first-order valence-electron chi connectivity index (χ1n) is 8.86.